The molecular formula is C27H32F9N3O4. The van der Waals surface area contributed by atoms with Crippen LogP contribution in [0.15, 0.2) is 18.2 Å². The van der Waals surface area contributed by atoms with Crippen molar-refractivity contribution >= 4 is 12.1 Å². The average Bonchev–Trinajstić information content (AvgIpc) is 3.27. The molecule has 0 aliphatic carbocycles. The van der Waals surface area contributed by atoms with Crippen LogP contribution in [-0.2, 0) is 28.8 Å². The van der Waals surface area contributed by atoms with Crippen LogP contribution in [0.4, 0.5) is 44.3 Å². The fourth-order valence-corrected chi connectivity index (χ4v) is 6.19. The number of alkyl halides is 9. The molecule has 0 saturated carbocycles. The SMILES string of the molecule is O=C(O)C1CCN(Cc2cc(CN3CCC4(CCN(C(=O)OC(C(F)(F)F)C(F)(F)F)CC4)C3)cc(C(F)(F)F)c2)CC1. The Bertz CT molecular complexity index is 1140. The normalized spacial score (nSPS) is 21.1. The van der Waals surface area contributed by atoms with Gasteiger partial charge in [0.2, 0.25) is 0 Å². The molecule has 3 heterocycles. The van der Waals surface area contributed by atoms with Gasteiger partial charge in [-0.25, -0.2) is 4.79 Å². The van der Waals surface area contributed by atoms with Crippen molar-refractivity contribution in [1.29, 1.82) is 0 Å². The minimum Gasteiger partial charge on any atom is -0.481 e. The van der Waals surface area contributed by atoms with Crippen LogP contribution in [0.25, 0.3) is 0 Å². The highest BCUT2D eigenvalue weighted by Gasteiger charge is 2.60. The maximum Gasteiger partial charge on any atom is 0.434 e. The number of carboxylic acid groups (broad SMARTS) is 1. The zero-order chi connectivity index (χ0) is 31.8. The van der Waals surface area contributed by atoms with E-state index in [0.717, 1.165) is 17.0 Å². The number of amides is 1. The number of nitrogens with zero attached hydrogens (tertiary/aromatic N) is 3. The molecule has 1 aromatic carbocycles. The van der Waals surface area contributed by atoms with Gasteiger partial charge in [0.1, 0.15) is 0 Å². The first kappa shape index (κ1) is 33.1. The van der Waals surface area contributed by atoms with E-state index in [-0.39, 0.29) is 31.6 Å². The van der Waals surface area contributed by atoms with Gasteiger partial charge in [0.05, 0.1) is 11.5 Å². The van der Waals surface area contributed by atoms with E-state index in [4.69, 9.17) is 0 Å². The molecular weight excluding hydrogens is 601 g/mol. The van der Waals surface area contributed by atoms with Gasteiger partial charge in [-0.3, -0.25) is 14.6 Å². The summed E-state index contributed by atoms with van der Waals surface area (Å²) in [7, 11) is 0. The monoisotopic (exact) mass is 633 g/mol. The van der Waals surface area contributed by atoms with E-state index in [2.05, 4.69) is 4.74 Å². The van der Waals surface area contributed by atoms with Gasteiger partial charge in [0.25, 0.3) is 6.10 Å². The van der Waals surface area contributed by atoms with E-state index < -0.39 is 48.2 Å². The molecule has 242 valence electrons. The van der Waals surface area contributed by atoms with Gasteiger partial charge >= 0.3 is 30.6 Å². The predicted octanol–water partition coefficient (Wildman–Crippen LogP) is 5.92. The summed E-state index contributed by atoms with van der Waals surface area (Å²) >= 11 is 0. The average molecular weight is 634 g/mol. The molecule has 1 aromatic rings. The van der Waals surface area contributed by atoms with Crippen molar-refractivity contribution in [2.75, 3.05) is 39.3 Å². The summed E-state index contributed by atoms with van der Waals surface area (Å²) in [6, 6.07) is 3.87. The van der Waals surface area contributed by atoms with Crippen LogP contribution in [0.3, 0.4) is 0 Å². The summed E-state index contributed by atoms with van der Waals surface area (Å²) in [6.07, 6.45) is -20.1. The topological polar surface area (TPSA) is 73.3 Å². The smallest absolute Gasteiger partial charge is 0.434 e. The third kappa shape index (κ3) is 8.46. The largest absolute Gasteiger partial charge is 0.481 e. The quantitative estimate of drug-likeness (QED) is 0.393. The summed E-state index contributed by atoms with van der Waals surface area (Å²) in [5.41, 5.74) is -0.287. The number of carbonyl (C=O) groups is 2. The number of halogens is 9. The van der Waals surface area contributed by atoms with Crippen molar-refractivity contribution in [3.8, 4) is 0 Å². The van der Waals surface area contributed by atoms with Crippen LogP contribution in [0.1, 0.15) is 48.8 Å². The van der Waals surface area contributed by atoms with Crippen molar-refractivity contribution in [2.24, 2.45) is 11.3 Å². The number of aliphatic carboxylic acids is 1. The van der Waals surface area contributed by atoms with Crippen molar-refractivity contribution in [3.05, 3.63) is 34.9 Å². The maximum absolute atomic E-state index is 13.7. The van der Waals surface area contributed by atoms with E-state index in [1.165, 1.54) is 0 Å². The van der Waals surface area contributed by atoms with E-state index >= 15 is 0 Å². The number of hydrogen-bond donors (Lipinski definition) is 1. The highest BCUT2D eigenvalue weighted by Crippen LogP contribution is 2.42. The highest BCUT2D eigenvalue weighted by atomic mass is 19.4. The van der Waals surface area contributed by atoms with Crippen LogP contribution < -0.4 is 0 Å². The van der Waals surface area contributed by atoms with Crippen LogP contribution in [-0.4, -0.2) is 89.6 Å². The van der Waals surface area contributed by atoms with Gasteiger partial charge in [-0.05, 0) is 80.4 Å². The van der Waals surface area contributed by atoms with Gasteiger partial charge in [-0.1, -0.05) is 6.07 Å². The van der Waals surface area contributed by atoms with Crippen LogP contribution in [0.5, 0.6) is 0 Å². The number of ether oxygens (including phenoxy) is 1. The van der Waals surface area contributed by atoms with E-state index in [9.17, 15) is 54.2 Å². The lowest BCUT2D eigenvalue weighted by atomic mass is 9.78. The number of hydrogen-bond acceptors (Lipinski definition) is 5. The minimum absolute atomic E-state index is 0.110. The molecule has 4 rings (SSSR count). The Hall–Kier alpha value is -2.75. The van der Waals surface area contributed by atoms with Gasteiger partial charge in [0, 0.05) is 32.7 Å². The van der Waals surface area contributed by atoms with E-state index in [1.54, 1.807) is 6.07 Å². The van der Waals surface area contributed by atoms with Crippen molar-refractivity contribution in [3.63, 3.8) is 0 Å². The van der Waals surface area contributed by atoms with E-state index in [1.807, 2.05) is 9.80 Å². The molecule has 3 aliphatic rings. The van der Waals surface area contributed by atoms with Gasteiger partial charge in [-0.2, -0.15) is 39.5 Å². The summed E-state index contributed by atoms with van der Waals surface area (Å²) < 4.78 is 122. The Morgan fingerprint density at radius 3 is 1.81 bits per heavy atom. The van der Waals surface area contributed by atoms with Crippen LogP contribution >= 0.6 is 0 Å². The number of likely N-dealkylation sites (tertiary alicyclic amines) is 3. The molecule has 3 saturated heterocycles. The number of rotatable bonds is 6. The van der Waals surface area contributed by atoms with Gasteiger partial charge in [0.15, 0.2) is 0 Å². The van der Waals surface area contributed by atoms with Gasteiger partial charge < -0.3 is 14.7 Å². The summed E-state index contributed by atoms with van der Waals surface area (Å²) in [6.45, 7) is 2.08. The molecule has 1 spiro atoms. The molecule has 3 fully saturated rings. The Balaban J connectivity index is 1.36. The molecule has 7 nitrogen and oxygen atoms in total. The number of carboxylic acids is 1. The molecule has 0 unspecified atom stereocenters. The second-order valence-electron chi connectivity index (χ2n) is 11.7. The summed E-state index contributed by atoms with van der Waals surface area (Å²) in [5, 5.41) is 9.18. The molecule has 16 heteroatoms. The molecule has 0 bridgehead atoms. The Labute approximate surface area is 241 Å². The maximum atomic E-state index is 13.7. The van der Waals surface area contributed by atoms with Crippen LogP contribution in [0.2, 0.25) is 0 Å². The van der Waals surface area contributed by atoms with Crippen molar-refractivity contribution < 1.29 is 58.9 Å². The second-order valence-corrected chi connectivity index (χ2v) is 11.7. The lowest BCUT2D eigenvalue weighted by Crippen LogP contribution is -2.50. The first-order valence-electron chi connectivity index (χ1n) is 13.8. The number of piperidine rings is 2. The second kappa shape index (κ2) is 12.3. The summed E-state index contributed by atoms with van der Waals surface area (Å²) in [4.78, 5) is 28.0. The number of benzene rings is 1. The Morgan fingerprint density at radius 1 is 0.814 bits per heavy atom. The highest BCUT2D eigenvalue weighted by molar-refractivity contribution is 5.70. The third-order valence-corrected chi connectivity index (χ3v) is 8.54. The minimum atomic E-state index is -5.81. The van der Waals surface area contributed by atoms with Crippen molar-refractivity contribution in [2.45, 2.75) is 69.8 Å². The molecule has 0 atom stereocenters. The molecule has 0 aromatic heterocycles. The van der Waals surface area contributed by atoms with Crippen molar-refractivity contribution in [1.82, 2.24) is 14.7 Å². The van der Waals surface area contributed by atoms with E-state index in [0.29, 0.717) is 69.4 Å². The zero-order valence-corrected chi connectivity index (χ0v) is 23.0. The molecule has 1 amide bonds. The molecule has 0 radical (unpaired) electrons. The van der Waals surface area contributed by atoms with Crippen LogP contribution in [0, 0.1) is 11.3 Å². The molecule has 1 N–H and O–H groups in total. The van der Waals surface area contributed by atoms with Gasteiger partial charge in [-0.15, -0.1) is 0 Å². The third-order valence-electron chi connectivity index (χ3n) is 8.54. The first-order chi connectivity index (χ1) is 19.8. The Morgan fingerprint density at radius 2 is 1.33 bits per heavy atom. The zero-order valence-electron chi connectivity index (χ0n) is 23.0. The standard InChI is InChI=1S/C27H32F9N3O4/c28-25(29,30)20-12-17(14-37-6-1-19(2-7-37)21(40)41)11-18(13-20)15-38-8-3-24(16-38)4-9-39(10-5-24)23(42)43-22(26(31,32)33)27(34,35)36/h11-13,19,22H,1-10,14-16H2,(H,40,41). The first-order valence-corrected chi connectivity index (χ1v) is 13.8. The molecule has 3 aliphatic heterocycles. The predicted molar refractivity (Wildman–Crippen MR) is 133 cm³/mol. The fraction of sp³-hybridized carbons (Fsp3) is 0.704. The molecule has 43 heavy (non-hydrogen) atoms. The number of carbonyl (C=O) groups excluding carboxylic acids is 1. The summed E-state index contributed by atoms with van der Waals surface area (Å²) in [5.74, 6) is -1.35. The lowest BCUT2D eigenvalue weighted by molar-refractivity contribution is -0.308. The Kier molecular flexibility index (Phi) is 9.50. The fourth-order valence-electron chi connectivity index (χ4n) is 6.19. The lowest BCUT2D eigenvalue weighted by Gasteiger charge is -2.39.